The fraction of sp³-hybridized carbons (Fsp3) is 0.538. The molecule has 0 spiro atoms. The summed E-state index contributed by atoms with van der Waals surface area (Å²) in [7, 11) is 0. The van der Waals surface area contributed by atoms with Gasteiger partial charge in [0.05, 0.1) is 6.04 Å². The lowest BCUT2D eigenvalue weighted by Crippen LogP contribution is -2.38. The van der Waals surface area contributed by atoms with Crippen LogP contribution in [0.4, 0.5) is 4.79 Å². The first-order chi connectivity index (χ1) is 8.76. The van der Waals surface area contributed by atoms with Gasteiger partial charge in [-0.1, -0.05) is 13.0 Å². The third-order valence-corrected chi connectivity index (χ3v) is 3.46. The van der Waals surface area contributed by atoms with Crippen LogP contribution < -0.4 is 10.7 Å². The van der Waals surface area contributed by atoms with E-state index >= 15 is 0 Å². The Kier molecular flexibility index (Phi) is 3.89. The molecule has 19 heavy (non-hydrogen) atoms. The molecule has 2 rings (SSSR count). The van der Waals surface area contributed by atoms with Crippen molar-refractivity contribution in [1.82, 2.24) is 10.7 Å². The molecule has 0 aromatic carbocycles. The summed E-state index contributed by atoms with van der Waals surface area (Å²) >= 11 is 2.27. The quantitative estimate of drug-likeness (QED) is 0.640. The molecule has 1 aliphatic carbocycles. The molecule has 5 nitrogen and oxygen atoms in total. The molecule has 0 aromatic rings. The number of allylic oxidation sites excluding steroid dienone is 2. The average molecular weight is 375 g/mol. The zero-order valence-electron chi connectivity index (χ0n) is 11.5. The van der Waals surface area contributed by atoms with Gasteiger partial charge in [0.25, 0.3) is 0 Å². The van der Waals surface area contributed by atoms with Crippen molar-refractivity contribution in [2.45, 2.75) is 39.3 Å². The van der Waals surface area contributed by atoms with Gasteiger partial charge in [0.15, 0.2) is 5.84 Å². The van der Waals surface area contributed by atoms with E-state index in [2.05, 4.69) is 51.4 Å². The number of carbonyl (C=O) groups excluding carboxylic acids is 1. The number of halogens is 1. The molecular weight excluding hydrogens is 357 g/mol. The van der Waals surface area contributed by atoms with Crippen LogP contribution in [0.2, 0.25) is 0 Å². The Morgan fingerprint density at radius 1 is 1.53 bits per heavy atom. The minimum Gasteiger partial charge on any atom is -0.444 e. The lowest BCUT2D eigenvalue weighted by molar-refractivity contribution is 0.0563. The predicted octanol–water partition coefficient (Wildman–Crippen LogP) is 2.69. The molecule has 0 bridgehead atoms. The minimum absolute atomic E-state index is 0.128. The van der Waals surface area contributed by atoms with Gasteiger partial charge in [0, 0.05) is 15.1 Å². The first-order valence-electron chi connectivity index (χ1n) is 6.19. The second kappa shape index (κ2) is 5.15. The lowest BCUT2D eigenvalue weighted by atomic mass is 9.90. The van der Waals surface area contributed by atoms with Crippen molar-refractivity contribution in [3.63, 3.8) is 0 Å². The molecule has 2 atom stereocenters. The Bertz CT molecular complexity index is 489. The van der Waals surface area contributed by atoms with Gasteiger partial charge in [-0.05, 0) is 49.4 Å². The van der Waals surface area contributed by atoms with Gasteiger partial charge in [-0.15, -0.1) is 0 Å². The number of fused-ring (bicyclic) bond motifs is 1. The summed E-state index contributed by atoms with van der Waals surface area (Å²) in [6.07, 6.45) is 3.72. The standard InChI is InChI=1S/C13H18IN3O2/c1-7-5-8(14)6-9-10(7)16-17-11(9)15-12(18)19-13(2,3)4/h5-7,10,16H,1-4H3,(H,15,17,18). The highest BCUT2D eigenvalue weighted by Crippen LogP contribution is 2.29. The number of hydrogen-bond acceptors (Lipinski definition) is 4. The number of alkyl carbamates (subject to hydrolysis) is 1. The fourth-order valence-electron chi connectivity index (χ4n) is 2.02. The van der Waals surface area contributed by atoms with Crippen LogP contribution in [-0.2, 0) is 4.74 Å². The summed E-state index contributed by atoms with van der Waals surface area (Å²) in [5.74, 6) is 0.891. The van der Waals surface area contributed by atoms with Gasteiger partial charge in [-0.25, -0.2) is 4.79 Å². The van der Waals surface area contributed by atoms with Gasteiger partial charge in [-0.2, -0.15) is 5.10 Å². The fourth-order valence-corrected chi connectivity index (χ4v) is 2.92. The number of amidine groups is 1. The van der Waals surface area contributed by atoms with Gasteiger partial charge in [-0.3, -0.25) is 10.7 Å². The molecule has 0 radical (unpaired) electrons. The SMILES string of the molecule is CC1C=C(I)C=C2C(NC(=O)OC(C)(C)C)=NNC21. The third-order valence-electron chi connectivity index (χ3n) is 2.78. The molecule has 0 fully saturated rings. The number of carbonyl (C=O) groups is 1. The number of rotatable bonds is 0. The van der Waals surface area contributed by atoms with E-state index in [1.165, 1.54) is 0 Å². The normalized spacial score (nSPS) is 25.6. The second-order valence-electron chi connectivity index (χ2n) is 5.70. The van der Waals surface area contributed by atoms with Crippen LogP contribution >= 0.6 is 22.6 Å². The molecule has 0 aromatic heterocycles. The highest BCUT2D eigenvalue weighted by Gasteiger charge is 2.33. The van der Waals surface area contributed by atoms with E-state index in [1.807, 2.05) is 26.8 Å². The van der Waals surface area contributed by atoms with Gasteiger partial charge in [0.2, 0.25) is 0 Å². The molecule has 2 N–H and O–H groups in total. The van der Waals surface area contributed by atoms with E-state index in [0.717, 1.165) is 9.15 Å². The average Bonchev–Trinajstić information content (AvgIpc) is 2.58. The maximum absolute atomic E-state index is 11.8. The number of amides is 1. The van der Waals surface area contributed by atoms with Crippen LogP contribution in [0.5, 0.6) is 0 Å². The molecule has 0 saturated heterocycles. The third kappa shape index (κ3) is 3.49. The van der Waals surface area contributed by atoms with Crippen LogP contribution in [0.25, 0.3) is 0 Å². The molecule has 6 heteroatoms. The number of nitrogens with zero attached hydrogens (tertiary/aromatic N) is 1. The summed E-state index contributed by atoms with van der Waals surface area (Å²) in [5, 5.41) is 6.89. The summed E-state index contributed by atoms with van der Waals surface area (Å²) in [4.78, 5) is 11.8. The minimum atomic E-state index is -0.515. The zero-order valence-corrected chi connectivity index (χ0v) is 13.6. The van der Waals surface area contributed by atoms with Crippen LogP contribution in [0, 0.1) is 5.92 Å². The topological polar surface area (TPSA) is 62.7 Å². The molecule has 104 valence electrons. The second-order valence-corrected chi connectivity index (χ2v) is 6.95. The number of hydrazone groups is 1. The van der Waals surface area contributed by atoms with Crippen LogP contribution in [0.1, 0.15) is 27.7 Å². The van der Waals surface area contributed by atoms with Crippen molar-refractivity contribution in [3.05, 3.63) is 21.3 Å². The Hall–Kier alpha value is -1.05. The molecule has 1 aliphatic heterocycles. The number of ether oxygens (including phenoxy) is 1. The molecule has 0 saturated carbocycles. The zero-order chi connectivity index (χ0) is 14.2. The van der Waals surface area contributed by atoms with Crippen LogP contribution in [0.3, 0.4) is 0 Å². The maximum atomic E-state index is 11.8. The van der Waals surface area contributed by atoms with E-state index in [1.54, 1.807) is 0 Å². The molecule has 1 amide bonds. The van der Waals surface area contributed by atoms with E-state index in [9.17, 15) is 4.79 Å². The predicted molar refractivity (Wildman–Crippen MR) is 83.1 cm³/mol. The van der Waals surface area contributed by atoms with Crippen molar-refractivity contribution in [1.29, 1.82) is 0 Å². The van der Waals surface area contributed by atoms with Crippen LogP contribution in [0.15, 0.2) is 26.4 Å². The Balaban J connectivity index is 2.07. The Morgan fingerprint density at radius 3 is 2.84 bits per heavy atom. The van der Waals surface area contributed by atoms with Crippen molar-refractivity contribution >= 4 is 34.5 Å². The van der Waals surface area contributed by atoms with Crippen molar-refractivity contribution in [3.8, 4) is 0 Å². The van der Waals surface area contributed by atoms with E-state index < -0.39 is 11.7 Å². The van der Waals surface area contributed by atoms with E-state index in [4.69, 9.17) is 4.74 Å². The highest BCUT2D eigenvalue weighted by molar-refractivity contribution is 14.1. The van der Waals surface area contributed by atoms with Gasteiger partial charge >= 0.3 is 6.09 Å². The first kappa shape index (κ1) is 14.4. The van der Waals surface area contributed by atoms with E-state index in [0.29, 0.717) is 11.8 Å². The summed E-state index contributed by atoms with van der Waals surface area (Å²) < 4.78 is 6.38. The molecular formula is C13H18IN3O2. The number of hydrogen-bond donors (Lipinski definition) is 2. The summed E-state index contributed by atoms with van der Waals surface area (Å²) in [5.41, 5.74) is 3.54. The van der Waals surface area contributed by atoms with Crippen molar-refractivity contribution < 1.29 is 9.53 Å². The molecule has 2 unspecified atom stereocenters. The lowest BCUT2D eigenvalue weighted by Gasteiger charge is -2.23. The van der Waals surface area contributed by atoms with E-state index in [-0.39, 0.29) is 6.04 Å². The summed E-state index contributed by atoms with van der Waals surface area (Å²) in [6, 6.07) is 0.128. The summed E-state index contributed by atoms with van der Waals surface area (Å²) in [6.45, 7) is 7.61. The van der Waals surface area contributed by atoms with Gasteiger partial charge < -0.3 is 4.74 Å². The van der Waals surface area contributed by atoms with Crippen LogP contribution in [-0.4, -0.2) is 23.6 Å². The largest absolute Gasteiger partial charge is 0.444 e. The Labute approximate surface area is 126 Å². The van der Waals surface area contributed by atoms with Gasteiger partial charge in [0.1, 0.15) is 5.60 Å². The monoisotopic (exact) mass is 375 g/mol. The first-order valence-corrected chi connectivity index (χ1v) is 7.26. The smallest absolute Gasteiger partial charge is 0.413 e. The van der Waals surface area contributed by atoms with Crippen molar-refractivity contribution in [2.24, 2.45) is 11.0 Å². The maximum Gasteiger partial charge on any atom is 0.413 e. The van der Waals surface area contributed by atoms with Crippen molar-refractivity contribution in [2.75, 3.05) is 0 Å². The number of nitrogens with one attached hydrogen (secondary N) is 2. The molecule has 2 aliphatic rings. The Morgan fingerprint density at radius 2 is 2.21 bits per heavy atom. The highest BCUT2D eigenvalue weighted by atomic mass is 127. The molecule has 1 heterocycles.